The molecule has 2 N–H and O–H groups in total. The molecule has 0 aromatic heterocycles. The van der Waals surface area contributed by atoms with Gasteiger partial charge in [-0.2, -0.15) is 0 Å². The van der Waals surface area contributed by atoms with Crippen molar-refractivity contribution < 1.29 is 17.9 Å². The first-order valence-corrected chi connectivity index (χ1v) is 9.21. The van der Waals surface area contributed by atoms with Gasteiger partial charge in [-0.3, -0.25) is 0 Å². The summed E-state index contributed by atoms with van der Waals surface area (Å²) in [5, 5.41) is 0. The zero-order chi connectivity index (χ0) is 14.9. The van der Waals surface area contributed by atoms with E-state index in [0.29, 0.717) is 25.4 Å². The van der Waals surface area contributed by atoms with Gasteiger partial charge in [0.2, 0.25) is 0 Å². The zero-order valence-corrected chi connectivity index (χ0v) is 12.8. The minimum absolute atomic E-state index is 0.166. The third-order valence-corrected chi connectivity index (χ3v) is 5.95. The molecule has 2 atom stereocenters. The van der Waals surface area contributed by atoms with Gasteiger partial charge in [-0.25, -0.2) is 8.42 Å². The van der Waals surface area contributed by atoms with E-state index in [9.17, 15) is 8.42 Å². The highest BCUT2D eigenvalue weighted by Gasteiger charge is 2.29. The summed E-state index contributed by atoms with van der Waals surface area (Å²) in [4.78, 5) is 0. The standard InChI is InChI=1S/C15H21NO4S/c16-13(8-11-4-7-21(17,18)10-11)12-2-3-14-15(9-12)20-6-1-5-19-14/h2-3,9,11,13H,1,4-8,10,16H2. The van der Waals surface area contributed by atoms with E-state index in [2.05, 4.69) is 0 Å². The molecular weight excluding hydrogens is 290 g/mol. The molecule has 5 nitrogen and oxygen atoms in total. The summed E-state index contributed by atoms with van der Waals surface area (Å²) in [6, 6.07) is 5.60. The predicted molar refractivity (Wildman–Crippen MR) is 80.4 cm³/mol. The Morgan fingerprint density at radius 1 is 1.24 bits per heavy atom. The molecule has 0 spiro atoms. The number of hydrogen-bond acceptors (Lipinski definition) is 5. The van der Waals surface area contributed by atoms with Crippen LogP contribution in [0.3, 0.4) is 0 Å². The summed E-state index contributed by atoms with van der Waals surface area (Å²) in [7, 11) is -2.84. The Morgan fingerprint density at radius 3 is 2.71 bits per heavy atom. The second kappa shape index (κ2) is 5.85. The molecule has 1 aromatic carbocycles. The maximum absolute atomic E-state index is 11.5. The minimum atomic E-state index is -2.84. The van der Waals surface area contributed by atoms with Crippen molar-refractivity contribution in [1.82, 2.24) is 0 Å². The van der Waals surface area contributed by atoms with Gasteiger partial charge >= 0.3 is 0 Å². The topological polar surface area (TPSA) is 78.6 Å². The molecule has 0 amide bonds. The van der Waals surface area contributed by atoms with E-state index in [4.69, 9.17) is 15.2 Å². The Kier molecular flexibility index (Phi) is 4.08. The summed E-state index contributed by atoms with van der Waals surface area (Å²) in [5.74, 6) is 2.23. The molecule has 3 rings (SSSR count). The third-order valence-electron chi connectivity index (χ3n) is 4.11. The molecule has 0 radical (unpaired) electrons. The second-order valence-corrected chi connectivity index (χ2v) is 8.10. The van der Waals surface area contributed by atoms with Crippen LogP contribution in [0.5, 0.6) is 11.5 Å². The highest BCUT2D eigenvalue weighted by atomic mass is 32.2. The zero-order valence-electron chi connectivity index (χ0n) is 12.0. The number of nitrogens with two attached hydrogens (primary N) is 1. The van der Waals surface area contributed by atoms with Crippen molar-refractivity contribution in [3.8, 4) is 11.5 Å². The van der Waals surface area contributed by atoms with Gasteiger partial charge < -0.3 is 15.2 Å². The SMILES string of the molecule is NC(CC1CCS(=O)(=O)C1)c1ccc2c(c1)OCCCO2. The number of benzene rings is 1. The largest absolute Gasteiger partial charge is 0.490 e. The van der Waals surface area contributed by atoms with Crippen molar-refractivity contribution in [2.24, 2.45) is 11.7 Å². The molecular formula is C15H21NO4S. The second-order valence-electron chi connectivity index (χ2n) is 5.87. The van der Waals surface area contributed by atoms with Gasteiger partial charge in [0.25, 0.3) is 0 Å². The molecule has 0 bridgehead atoms. The van der Waals surface area contributed by atoms with Crippen molar-refractivity contribution in [1.29, 1.82) is 0 Å². The lowest BCUT2D eigenvalue weighted by Gasteiger charge is -2.17. The molecule has 2 aliphatic heterocycles. The molecule has 2 aliphatic rings. The molecule has 6 heteroatoms. The quantitative estimate of drug-likeness (QED) is 0.918. The van der Waals surface area contributed by atoms with Crippen LogP contribution in [0.4, 0.5) is 0 Å². The normalized spacial score (nSPS) is 25.3. The van der Waals surface area contributed by atoms with E-state index in [-0.39, 0.29) is 17.7 Å². The lowest BCUT2D eigenvalue weighted by Crippen LogP contribution is -2.16. The predicted octanol–water partition coefficient (Wildman–Crippen LogP) is 1.67. The van der Waals surface area contributed by atoms with Crippen LogP contribution in [-0.2, 0) is 9.84 Å². The van der Waals surface area contributed by atoms with Crippen LogP contribution in [0.25, 0.3) is 0 Å². The molecule has 0 saturated carbocycles. The maximum atomic E-state index is 11.5. The summed E-state index contributed by atoms with van der Waals surface area (Å²) in [6.07, 6.45) is 2.29. The molecule has 1 saturated heterocycles. The van der Waals surface area contributed by atoms with E-state index in [1.807, 2.05) is 18.2 Å². The van der Waals surface area contributed by atoms with E-state index in [1.54, 1.807) is 0 Å². The first-order chi connectivity index (χ1) is 10.0. The van der Waals surface area contributed by atoms with Crippen LogP contribution < -0.4 is 15.2 Å². The van der Waals surface area contributed by atoms with Crippen molar-refractivity contribution in [3.63, 3.8) is 0 Å². The number of sulfone groups is 1. The number of ether oxygens (including phenoxy) is 2. The van der Waals surface area contributed by atoms with Gasteiger partial charge in [0.05, 0.1) is 24.7 Å². The number of fused-ring (bicyclic) bond motifs is 1. The Labute approximate surface area is 125 Å². The highest BCUT2D eigenvalue weighted by molar-refractivity contribution is 7.91. The fraction of sp³-hybridized carbons (Fsp3) is 0.600. The summed E-state index contributed by atoms with van der Waals surface area (Å²) in [5.41, 5.74) is 7.22. The monoisotopic (exact) mass is 311 g/mol. The van der Waals surface area contributed by atoms with Crippen LogP contribution in [0.1, 0.15) is 30.9 Å². The molecule has 1 aromatic rings. The third kappa shape index (κ3) is 3.49. The lowest BCUT2D eigenvalue weighted by atomic mass is 9.95. The molecule has 21 heavy (non-hydrogen) atoms. The average molecular weight is 311 g/mol. The molecule has 0 aliphatic carbocycles. The molecule has 2 unspecified atom stereocenters. The minimum Gasteiger partial charge on any atom is -0.490 e. The fourth-order valence-electron chi connectivity index (χ4n) is 2.96. The molecule has 2 heterocycles. The van der Waals surface area contributed by atoms with Crippen LogP contribution in [0.15, 0.2) is 18.2 Å². The van der Waals surface area contributed by atoms with Crippen LogP contribution >= 0.6 is 0 Å². The van der Waals surface area contributed by atoms with Crippen molar-refractivity contribution in [3.05, 3.63) is 23.8 Å². The summed E-state index contributed by atoms with van der Waals surface area (Å²) in [6.45, 7) is 1.31. The van der Waals surface area contributed by atoms with Crippen LogP contribution in [-0.4, -0.2) is 33.1 Å². The van der Waals surface area contributed by atoms with Gasteiger partial charge in [-0.05, 0) is 36.5 Å². The summed E-state index contributed by atoms with van der Waals surface area (Å²) >= 11 is 0. The average Bonchev–Trinajstić information content (AvgIpc) is 2.65. The lowest BCUT2D eigenvalue weighted by molar-refractivity contribution is 0.297. The Morgan fingerprint density at radius 2 is 2.00 bits per heavy atom. The van der Waals surface area contributed by atoms with Gasteiger partial charge in [-0.1, -0.05) is 6.07 Å². The van der Waals surface area contributed by atoms with Crippen molar-refractivity contribution >= 4 is 9.84 Å². The van der Waals surface area contributed by atoms with E-state index < -0.39 is 9.84 Å². The fourth-order valence-corrected chi connectivity index (χ4v) is 4.84. The highest BCUT2D eigenvalue weighted by Crippen LogP contribution is 2.34. The van der Waals surface area contributed by atoms with Gasteiger partial charge in [0, 0.05) is 12.5 Å². The number of rotatable bonds is 3. The first-order valence-electron chi connectivity index (χ1n) is 7.39. The van der Waals surface area contributed by atoms with E-state index in [1.165, 1.54) is 0 Å². The van der Waals surface area contributed by atoms with Gasteiger partial charge in [0.1, 0.15) is 0 Å². The summed E-state index contributed by atoms with van der Waals surface area (Å²) < 4.78 is 34.3. The molecule has 1 fully saturated rings. The molecule has 116 valence electrons. The van der Waals surface area contributed by atoms with Crippen molar-refractivity contribution in [2.75, 3.05) is 24.7 Å². The number of hydrogen-bond donors (Lipinski definition) is 1. The first kappa shape index (κ1) is 14.7. The van der Waals surface area contributed by atoms with E-state index >= 15 is 0 Å². The Bertz CT molecular complexity index is 614. The maximum Gasteiger partial charge on any atom is 0.161 e. The van der Waals surface area contributed by atoms with Crippen molar-refractivity contribution in [2.45, 2.75) is 25.3 Å². The Hall–Kier alpha value is -1.27. The van der Waals surface area contributed by atoms with Crippen LogP contribution in [0, 0.1) is 5.92 Å². The Balaban J connectivity index is 1.70. The van der Waals surface area contributed by atoms with Gasteiger partial charge in [0.15, 0.2) is 21.3 Å². The van der Waals surface area contributed by atoms with E-state index in [0.717, 1.165) is 29.9 Å². The van der Waals surface area contributed by atoms with Crippen LogP contribution in [0.2, 0.25) is 0 Å². The van der Waals surface area contributed by atoms with Gasteiger partial charge in [-0.15, -0.1) is 0 Å². The smallest absolute Gasteiger partial charge is 0.161 e.